The van der Waals surface area contributed by atoms with Gasteiger partial charge in [0.1, 0.15) is 5.82 Å². The number of benzene rings is 1. The van der Waals surface area contributed by atoms with Gasteiger partial charge in [-0.05, 0) is 30.2 Å². The molecule has 3 nitrogen and oxygen atoms in total. The average molecular weight is 320 g/mol. The van der Waals surface area contributed by atoms with Crippen molar-refractivity contribution in [2.45, 2.75) is 19.4 Å². The lowest BCUT2D eigenvalue weighted by Gasteiger charge is -2.34. The van der Waals surface area contributed by atoms with Crippen LogP contribution in [0.4, 0.5) is 4.39 Å². The van der Waals surface area contributed by atoms with Gasteiger partial charge in [0, 0.05) is 32.2 Å². The monoisotopic (exact) mass is 319 g/mol. The summed E-state index contributed by atoms with van der Waals surface area (Å²) in [6.45, 7) is 5.64. The van der Waals surface area contributed by atoms with Crippen LogP contribution in [0.3, 0.4) is 0 Å². The number of piperazine rings is 1. The second-order valence-corrected chi connectivity index (χ2v) is 4.66. The number of hydrogen-bond donors (Lipinski definition) is 1. The molecule has 0 radical (unpaired) electrons. The van der Waals surface area contributed by atoms with E-state index in [1.54, 1.807) is 12.1 Å². The van der Waals surface area contributed by atoms with E-state index in [-0.39, 0.29) is 36.7 Å². The van der Waals surface area contributed by atoms with E-state index in [9.17, 15) is 4.39 Å². The van der Waals surface area contributed by atoms with Crippen LogP contribution in [0.15, 0.2) is 18.2 Å². The number of nitriles is 1. The van der Waals surface area contributed by atoms with Crippen LogP contribution in [-0.4, -0.2) is 31.1 Å². The first-order chi connectivity index (χ1) is 8.72. The van der Waals surface area contributed by atoms with Crippen LogP contribution in [0, 0.1) is 24.1 Å². The van der Waals surface area contributed by atoms with Gasteiger partial charge >= 0.3 is 0 Å². The maximum Gasteiger partial charge on any atom is 0.123 e. The molecule has 1 aliphatic rings. The second kappa shape index (κ2) is 9.15. The van der Waals surface area contributed by atoms with Crippen LogP contribution < -0.4 is 5.32 Å². The van der Waals surface area contributed by atoms with Gasteiger partial charge in [-0.25, -0.2) is 4.39 Å². The van der Waals surface area contributed by atoms with Gasteiger partial charge in [-0.15, -0.1) is 24.8 Å². The van der Waals surface area contributed by atoms with Crippen LogP contribution in [0.2, 0.25) is 0 Å². The number of hydrogen-bond acceptors (Lipinski definition) is 3. The average Bonchev–Trinajstić information content (AvgIpc) is 2.40. The fraction of sp³-hybridized carbons (Fsp3) is 0.500. The third-order valence-electron chi connectivity index (χ3n) is 3.48. The van der Waals surface area contributed by atoms with E-state index in [2.05, 4.69) is 16.3 Å². The van der Waals surface area contributed by atoms with Gasteiger partial charge < -0.3 is 5.32 Å². The van der Waals surface area contributed by atoms with Crippen LogP contribution in [0.1, 0.15) is 23.6 Å². The summed E-state index contributed by atoms with van der Waals surface area (Å²) in [7, 11) is 0. The van der Waals surface area contributed by atoms with Crippen LogP contribution in [0.25, 0.3) is 0 Å². The molecular formula is C14H20Cl2FN3. The molecule has 6 heteroatoms. The molecule has 0 unspecified atom stereocenters. The number of aryl methyl sites for hydroxylation is 1. The fourth-order valence-electron chi connectivity index (χ4n) is 2.49. The largest absolute Gasteiger partial charge is 0.314 e. The lowest BCUT2D eigenvalue weighted by Crippen LogP contribution is -2.45. The molecule has 0 aliphatic carbocycles. The molecule has 1 fully saturated rings. The predicted molar refractivity (Wildman–Crippen MR) is 83.0 cm³/mol. The van der Waals surface area contributed by atoms with Crippen molar-refractivity contribution < 1.29 is 4.39 Å². The molecular weight excluding hydrogens is 300 g/mol. The number of rotatable bonds is 3. The molecule has 1 aliphatic heterocycles. The molecule has 20 heavy (non-hydrogen) atoms. The van der Waals surface area contributed by atoms with Gasteiger partial charge in [-0.2, -0.15) is 5.26 Å². The Morgan fingerprint density at radius 1 is 1.35 bits per heavy atom. The quantitative estimate of drug-likeness (QED) is 0.931. The van der Waals surface area contributed by atoms with Crippen molar-refractivity contribution >= 4 is 24.8 Å². The second-order valence-electron chi connectivity index (χ2n) is 4.66. The number of nitrogens with zero attached hydrogens (tertiary/aromatic N) is 2. The molecule has 1 N–H and O–H groups in total. The molecule has 1 atom stereocenters. The summed E-state index contributed by atoms with van der Waals surface area (Å²) < 4.78 is 13.4. The highest BCUT2D eigenvalue weighted by atomic mass is 35.5. The van der Waals surface area contributed by atoms with Gasteiger partial charge in [-0.1, -0.05) is 6.07 Å². The van der Waals surface area contributed by atoms with Crippen molar-refractivity contribution in [3.63, 3.8) is 0 Å². The molecule has 1 heterocycles. The third-order valence-corrected chi connectivity index (χ3v) is 3.48. The first-order valence-electron chi connectivity index (χ1n) is 6.30. The summed E-state index contributed by atoms with van der Waals surface area (Å²) in [6, 6.07) is 7.06. The maximum absolute atomic E-state index is 13.4. The molecule has 0 saturated carbocycles. The first-order valence-corrected chi connectivity index (χ1v) is 6.30. The van der Waals surface area contributed by atoms with Gasteiger partial charge in [0.05, 0.1) is 12.5 Å². The summed E-state index contributed by atoms with van der Waals surface area (Å²) in [6.07, 6.45) is 0.407. The summed E-state index contributed by atoms with van der Waals surface area (Å²) in [4.78, 5) is 2.27. The highest BCUT2D eigenvalue weighted by Gasteiger charge is 2.23. The van der Waals surface area contributed by atoms with Crippen LogP contribution >= 0.6 is 24.8 Å². The standard InChI is InChI=1S/C14H18FN3.2ClH/c1-11-2-3-12(15)10-13(11)14(4-5-16)18-8-6-17-7-9-18;;/h2-3,10,14,17H,4,6-9H2,1H3;2*1H/t14-;;/m0../s1. The Kier molecular flexibility index (Phi) is 8.75. The van der Waals surface area contributed by atoms with Gasteiger partial charge in [0.2, 0.25) is 0 Å². The zero-order valence-electron chi connectivity index (χ0n) is 11.4. The van der Waals surface area contributed by atoms with Crippen molar-refractivity contribution in [2.24, 2.45) is 0 Å². The van der Waals surface area contributed by atoms with E-state index in [1.165, 1.54) is 6.07 Å². The fourth-order valence-corrected chi connectivity index (χ4v) is 2.49. The number of nitrogens with one attached hydrogen (secondary N) is 1. The highest BCUT2D eigenvalue weighted by molar-refractivity contribution is 5.85. The van der Waals surface area contributed by atoms with Gasteiger partial charge in [-0.3, -0.25) is 4.90 Å². The lowest BCUT2D eigenvalue weighted by atomic mass is 9.97. The van der Waals surface area contributed by atoms with E-state index >= 15 is 0 Å². The first kappa shape index (κ1) is 19.1. The van der Waals surface area contributed by atoms with Crippen molar-refractivity contribution in [1.29, 1.82) is 5.26 Å². The molecule has 0 aromatic heterocycles. The van der Waals surface area contributed by atoms with Crippen LogP contribution in [-0.2, 0) is 0 Å². The molecule has 112 valence electrons. The van der Waals surface area contributed by atoms with Crippen molar-refractivity contribution in [3.05, 3.63) is 35.1 Å². The minimum absolute atomic E-state index is 0. The Labute approximate surface area is 132 Å². The normalized spacial score (nSPS) is 16.4. The zero-order chi connectivity index (χ0) is 13.0. The predicted octanol–water partition coefficient (Wildman–Crippen LogP) is 2.84. The van der Waals surface area contributed by atoms with E-state index < -0.39 is 0 Å². The van der Waals surface area contributed by atoms with Crippen LogP contribution in [0.5, 0.6) is 0 Å². The van der Waals surface area contributed by atoms with Crippen molar-refractivity contribution in [3.8, 4) is 6.07 Å². The van der Waals surface area contributed by atoms with Gasteiger partial charge in [0.25, 0.3) is 0 Å². The van der Waals surface area contributed by atoms with E-state index in [4.69, 9.17) is 5.26 Å². The third kappa shape index (κ3) is 4.60. The maximum atomic E-state index is 13.4. The van der Waals surface area contributed by atoms with Crippen molar-refractivity contribution in [2.75, 3.05) is 26.2 Å². The Bertz CT molecular complexity index is 456. The molecule has 2 rings (SSSR count). The summed E-state index contributed by atoms with van der Waals surface area (Å²) in [5.74, 6) is -0.228. The molecule has 1 aromatic carbocycles. The number of halogens is 3. The topological polar surface area (TPSA) is 39.1 Å². The Morgan fingerprint density at radius 3 is 2.60 bits per heavy atom. The smallest absolute Gasteiger partial charge is 0.123 e. The Morgan fingerprint density at radius 2 is 2.00 bits per heavy atom. The Hall–Kier alpha value is -0.860. The molecule has 0 amide bonds. The zero-order valence-corrected chi connectivity index (χ0v) is 13.1. The minimum atomic E-state index is -0.228. The lowest BCUT2D eigenvalue weighted by molar-refractivity contribution is 0.175. The minimum Gasteiger partial charge on any atom is -0.314 e. The highest BCUT2D eigenvalue weighted by Crippen LogP contribution is 2.27. The van der Waals surface area contributed by atoms with E-state index in [0.29, 0.717) is 6.42 Å². The Balaban J connectivity index is 0.00000180. The van der Waals surface area contributed by atoms with E-state index in [0.717, 1.165) is 37.3 Å². The summed E-state index contributed by atoms with van der Waals surface area (Å²) in [5.41, 5.74) is 1.99. The summed E-state index contributed by atoms with van der Waals surface area (Å²) >= 11 is 0. The SMILES string of the molecule is Cc1ccc(F)cc1[C@H](CC#N)N1CCNCC1.Cl.Cl. The van der Waals surface area contributed by atoms with E-state index in [1.807, 2.05) is 6.92 Å². The summed E-state index contributed by atoms with van der Waals surface area (Å²) in [5, 5.41) is 12.3. The molecule has 0 spiro atoms. The van der Waals surface area contributed by atoms with Gasteiger partial charge in [0.15, 0.2) is 0 Å². The molecule has 1 saturated heterocycles. The van der Waals surface area contributed by atoms with Crippen molar-refractivity contribution in [1.82, 2.24) is 10.2 Å². The molecule has 0 bridgehead atoms. The molecule has 1 aromatic rings.